The van der Waals surface area contributed by atoms with Crippen LogP contribution in [0.4, 0.5) is 0 Å². The van der Waals surface area contributed by atoms with Crippen molar-refractivity contribution in [1.29, 1.82) is 0 Å². The summed E-state index contributed by atoms with van der Waals surface area (Å²) in [5, 5.41) is 0. The van der Waals surface area contributed by atoms with Gasteiger partial charge in [-0.3, -0.25) is 0 Å². The van der Waals surface area contributed by atoms with E-state index in [2.05, 4.69) is 20.8 Å². The summed E-state index contributed by atoms with van der Waals surface area (Å²) in [4.78, 5) is 0. The van der Waals surface area contributed by atoms with Crippen molar-refractivity contribution < 1.29 is 9.47 Å². The van der Waals surface area contributed by atoms with Gasteiger partial charge >= 0.3 is 0 Å². The van der Waals surface area contributed by atoms with E-state index in [9.17, 15) is 0 Å². The highest BCUT2D eigenvalue weighted by Crippen LogP contribution is 2.17. The van der Waals surface area contributed by atoms with E-state index in [1.165, 1.54) is 12.8 Å². The molecule has 0 N–H and O–H groups in total. The van der Waals surface area contributed by atoms with E-state index in [1.54, 1.807) is 0 Å². The molecule has 0 radical (unpaired) electrons. The van der Waals surface area contributed by atoms with Gasteiger partial charge in [0, 0.05) is 6.61 Å². The first-order valence-corrected chi connectivity index (χ1v) is 5.45. The predicted molar refractivity (Wildman–Crippen MR) is 53.6 cm³/mol. The SMILES string of the molecule is CC(C)CC(C)OC1CCCCO1. The summed E-state index contributed by atoms with van der Waals surface area (Å²) in [5.41, 5.74) is 0. The molecule has 78 valence electrons. The molecule has 0 aromatic rings. The summed E-state index contributed by atoms with van der Waals surface area (Å²) >= 11 is 0. The molecule has 0 amide bonds. The van der Waals surface area contributed by atoms with E-state index in [1.807, 2.05) is 0 Å². The predicted octanol–water partition coefficient (Wildman–Crippen LogP) is 2.96. The maximum Gasteiger partial charge on any atom is 0.157 e. The van der Waals surface area contributed by atoms with Gasteiger partial charge in [0.1, 0.15) is 0 Å². The van der Waals surface area contributed by atoms with Gasteiger partial charge in [0.15, 0.2) is 6.29 Å². The lowest BCUT2D eigenvalue weighted by atomic mass is 10.1. The van der Waals surface area contributed by atoms with Crippen LogP contribution < -0.4 is 0 Å². The molecule has 2 heteroatoms. The standard InChI is InChI=1S/C11H22O2/c1-9(2)8-10(3)13-11-6-4-5-7-12-11/h9-11H,4-8H2,1-3H3. The van der Waals surface area contributed by atoms with E-state index in [0.29, 0.717) is 12.0 Å². The molecular weight excluding hydrogens is 164 g/mol. The molecule has 1 aliphatic rings. The second-order valence-electron chi connectivity index (χ2n) is 4.37. The fraction of sp³-hybridized carbons (Fsp3) is 1.00. The number of ether oxygens (including phenoxy) is 2. The summed E-state index contributed by atoms with van der Waals surface area (Å²) in [5.74, 6) is 0.707. The Balaban J connectivity index is 2.14. The van der Waals surface area contributed by atoms with Crippen LogP contribution >= 0.6 is 0 Å². The molecule has 2 nitrogen and oxygen atoms in total. The van der Waals surface area contributed by atoms with Crippen LogP contribution in [-0.4, -0.2) is 19.0 Å². The number of hydrogen-bond acceptors (Lipinski definition) is 2. The minimum absolute atomic E-state index is 0.0718. The average molecular weight is 186 g/mol. The van der Waals surface area contributed by atoms with E-state index < -0.39 is 0 Å². The number of hydrogen-bond donors (Lipinski definition) is 0. The van der Waals surface area contributed by atoms with Gasteiger partial charge in [-0.1, -0.05) is 13.8 Å². The maximum absolute atomic E-state index is 5.78. The third-order valence-corrected chi connectivity index (χ3v) is 2.33. The van der Waals surface area contributed by atoms with E-state index in [0.717, 1.165) is 19.4 Å². The molecule has 1 rings (SSSR count). The van der Waals surface area contributed by atoms with Crippen LogP contribution in [-0.2, 0) is 9.47 Å². The molecule has 0 aromatic heterocycles. The van der Waals surface area contributed by atoms with Crippen LogP contribution in [0.3, 0.4) is 0 Å². The van der Waals surface area contributed by atoms with Gasteiger partial charge in [-0.05, 0) is 38.5 Å². The fourth-order valence-corrected chi connectivity index (χ4v) is 1.80. The highest BCUT2D eigenvalue weighted by atomic mass is 16.7. The van der Waals surface area contributed by atoms with Gasteiger partial charge < -0.3 is 9.47 Å². The first kappa shape index (κ1) is 11.0. The Hall–Kier alpha value is -0.0800. The van der Waals surface area contributed by atoms with Crippen molar-refractivity contribution >= 4 is 0 Å². The summed E-state index contributed by atoms with van der Waals surface area (Å²) in [6, 6.07) is 0. The maximum atomic E-state index is 5.78. The normalized spacial score (nSPS) is 26.3. The van der Waals surface area contributed by atoms with Gasteiger partial charge in [0.05, 0.1) is 6.10 Å². The molecular formula is C11H22O2. The average Bonchev–Trinajstić information content (AvgIpc) is 2.04. The Labute approximate surface area is 81.6 Å². The molecule has 13 heavy (non-hydrogen) atoms. The first-order chi connectivity index (χ1) is 6.18. The Kier molecular flexibility index (Phi) is 4.74. The van der Waals surface area contributed by atoms with Crippen LogP contribution in [0.1, 0.15) is 46.5 Å². The lowest BCUT2D eigenvalue weighted by Gasteiger charge is -2.26. The van der Waals surface area contributed by atoms with Crippen molar-refractivity contribution in [3.05, 3.63) is 0 Å². The van der Waals surface area contributed by atoms with E-state index in [4.69, 9.17) is 9.47 Å². The van der Waals surface area contributed by atoms with Gasteiger partial charge in [-0.25, -0.2) is 0 Å². The van der Waals surface area contributed by atoms with Crippen molar-refractivity contribution in [2.45, 2.75) is 58.8 Å². The second kappa shape index (κ2) is 5.61. The third kappa shape index (κ3) is 4.63. The fourth-order valence-electron chi connectivity index (χ4n) is 1.80. The van der Waals surface area contributed by atoms with Gasteiger partial charge in [0.25, 0.3) is 0 Å². The largest absolute Gasteiger partial charge is 0.353 e. The molecule has 2 unspecified atom stereocenters. The van der Waals surface area contributed by atoms with Crippen LogP contribution in [0, 0.1) is 5.92 Å². The Bertz CT molecular complexity index is 128. The zero-order valence-electron chi connectivity index (χ0n) is 9.08. The molecule has 1 aliphatic heterocycles. The van der Waals surface area contributed by atoms with E-state index >= 15 is 0 Å². The Morgan fingerprint density at radius 3 is 2.62 bits per heavy atom. The quantitative estimate of drug-likeness (QED) is 0.672. The lowest BCUT2D eigenvalue weighted by molar-refractivity contribution is -0.186. The summed E-state index contributed by atoms with van der Waals surface area (Å²) in [7, 11) is 0. The van der Waals surface area contributed by atoms with Crippen LogP contribution in [0.25, 0.3) is 0 Å². The van der Waals surface area contributed by atoms with Crippen LogP contribution in [0.5, 0.6) is 0 Å². The molecule has 0 aromatic carbocycles. The minimum Gasteiger partial charge on any atom is -0.353 e. The molecule has 0 spiro atoms. The molecule has 1 saturated heterocycles. The van der Waals surface area contributed by atoms with Crippen molar-refractivity contribution in [1.82, 2.24) is 0 Å². The molecule has 1 heterocycles. The highest BCUT2D eigenvalue weighted by Gasteiger charge is 2.17. The van der Waals surface area contributed by atoms with E-state index in [-0.39, 0.29) is 6.29 Å². The first-order valence-electron chi connectivity index (χ1n) is 5.45. The summed E-state index contributed by atoms with van der Waals surface area (Å²) in [6.07, 6.45) is 5.05. The molecule has 0 aliphatic carbocycles. The topological polar surface area (TPSA) is 18.5 Å². The minimum atomic E-state index is 0.0718. The lowest BCUT2D eigenvalue weighted by Crippen LogP contribution is -2.27. The van der Waals surface area contributed by atoms with Crippen LogP contribution in [0.15, 0.2) is 0 Å². The van der Waals surface area contributed by atoms with Crippen molar-refractivity contribution in [2.75, 3.05) is 6.61 Å². The van der Waals surface area contributed by atoms with Gasteiger partial charge in [-0.2, -0.15) is 0 Å². The zero-order valence-corrected chi connectivity index (χ0v) is 9.08. The highest BCUT2D eigenvalue weighted by molar-refractivity contribution is 4.59. The third-order valence-electron chi connectivity index (χ3n) is 2.33. The van der Waals surface area contributed by atoms with Crippen molar-refractivity contribution in [2.24, 2.45) is 5.92 Å². The Morgan fingerprint density at radius 1 is 1.31 bits per heavy atom. The van der Waals surface area contributed by atoms with Gasteiger partial charge in [-0.15, -0.1) is 0 Å². The molecule has 2 atom stereocenters. The number of rotatable bonds is 4. The van der Waals surface area contributed by atoms with Crippen molar-refractivity contribution in [3.63, 3.8) is 0 Å². The smallest absolute Gasteiger partial charge is 0.157 e. The monoisotopic (exact) mass is 186 g/mol. The van der Waals surface area contributed by atoms with Crippen molar-refractivity contribution in [3.8, 4) is 0 Å². The van der Waals surface area contributed by atoms with Crippen LogP contribution in [0.2, 0.25) is 0 Å². The molecule has 0 bridgehead atoms. The Morgan fingerprint density at radius 2 is 2.08 bits per heavy atom. The second-order valence-corrected chi connectivity index (χ2v) is 4.37. The molecule has 1 fully saturated rings. The van der Waals surface area contributed by atoms with Gasteiger partial charge in [0.2, 0.25) is 0 Å². The zero-order chi connectivity index (χ0) is 9.68. The summed E-state index contributed by atoms with van der Waals surface area (Å²) < 4.78 is 11.3. The molecule has 0 saturated carbocycles. The summed E-state index contributed by atoms with van der Waals surface area (Å²) in [6.45, 7) is 7.46.